The van der Waals surface area contributed by atoms with Gasteiger partial charge in [0.05, 0.1) is 0 Å². The highest BCUT2D eigenvalue weighted by molar-refractivity contribution is 6.00. The molecule has 2 rings (SSSR count). The minimum Gasteiger partial charge on any atom is -0.327 e. The first-order valence-corrected chi connectivity index (χ1v) is 9.91. The second kappa shape index (κ2) is 9.69. The first-order chi connectivity index (χ1) is 12.9. The lowest BCUT2D eigenvalue weighted by molar-refractivity contribution is 0.0852. The summed E-state index contributed by atoms with van der Waals surface area (Å²) in [5.74, 6) is 0.293. The third-order valence-corrected chi connectivity index (χ3v) is 4.79. The van der Waals surface area contributed by atoms with E-state index in [1.807, 2.05) is 90.1 Å². The summed E-state index contributed by atoms with van der Waals surface area (Å²) in [6.45, 7) is 11.6. The Kier molecular flexibility index (Phi) is 8.37. The maximum Gasteiger partial charge on any atom is 0.168 e. The quantitative estimate of drug-likeness (QED) is 0.617. The number of carbonyl (C=O) groups is 2. The second-order valence-electron chi connectivity index (χ2n) is 9.72. The molecule has 0 aliphatic rings. The molecular formula is C25H34ClNO2. The molecule has 0 heterocycles. The molecule has 0 unspecified atom stereocenters. The average Bonchev–Trinajstić information content (AvgIpc) is 2.60. The van der Waals surface area contributed by atoms with E-state index in [1.54, 1.807) is 0 Å². The Morgan fingerprint density at radius 2 is 0.966 bits per heavy atom. The Labute approximate surface area is 181 Å². The van der Waals surface area contributed by atoms with Crippen LogP contribution in [0.1, 0.15) is 73.4 Å². The lowest BCUT2D eigenvalue weighted by Crippen LogP contribution is -2.26. The zero-order valence-electron chi connectivity index (χ0n) is 18.4. The SMILES string of the molecule is CC(C)(C)C(=O)c1ccc(CC(N)Cc2ccc(C(=O)C(C)(C)C)cc2)cc1.Cl. The minimum atomic E-state index is -0.377. The number of rotatable bonds is 6. The Bertz CT molecular complexity index is 754. The Morgan fingerprint density at radius 3 is 1.21 bits per heavy atom. The summed E-state index contributed by atoms with van der Waals surface area (Å²) >= 11 is 0. The maximum atomic E-state index is 12.3. The van der Waals surface area contributed by atoms with Gasteiger partial charge in [0.2, 0.25) is 0 Å². The molecule has 0 aliphatic heterocycles. The maximum absolute atomic E-state index is 12.3. The van der Waals surface area contributed by atoms with Crippen LogP contribution in [-0.4, -0.2) is 17.6 Å². The van der Waals surface area contributed by atoms with Crippen LogP contribution in [0.25, 0.3) is 0 Å². The summed E-state index contributed by atoms with van der Waals surface area (Å²) in [4.78, 5) is 24.7. The Morgan fingerprint density at radius 1 is 0.690 bits per heavy atom. The van der Waals surface area contributed by atoms with Crippen LogP contribution in [0.2, 0.25) is 0 Å². The lowest BCUT2D eigenvalue weighted by Gasteiger charge is -2.18. The molecule has 0 amide bonds. The van der Waals surface area contributed by atoms with Crippen LogP contribution in [0.5, 0.6) is 0 Å². The first-order valence-electron chi connectivity index (χ1n) is 9.91. The van der Waals surface area contributed by atoms with Crippen LogP contribution < -0.4 is 5.73 Å². The zero-order chi connectivity index (χ0) is 21.1. The predicted octanol–water partition coefficient (Wildman–Crippen LogP) is 5.68. The van der Waals surface area contributed by atoms with Crippen LogP contribution in [0.4, 0.5) is 0 Å². The molecule has 0 aliphatic carbocycles. The Balaban J connectivity index is 0.00000420. The van der Waals surface area contributed by atoms with E-state index in [1.165, 1.54) is 0 Å². The fourth-order valence-corrected chi connectivity index (χ4v) is 3.13. The van der Waals surface area contributed by atoms with Crippen LogP contribution in [0.3, 0.4) is 0 Å². The zero-order valence-corrected chi connectivity index (χ0v) is 19.2. The van der Waals surface area contributed by atoms with Gasteiger partial charge in [-0.1, -0.05) is 90.1 Å². The molecule has 2 N–H and O–H groups in total. The number of halogens is 1. The van der Waals surface area contributed by atoms with Gasteiger partial charge in [-0.3, -0.25) is 9.59 Å². The molecule has 2 aromatic carbocycles. The van der Waals surface area contributed by atoms with Crippen molar-refractivity contribution in [3.63, 3.8) is 0 Å². The van der Waals surface area contributed by atoms with Gasteiger partial charge in [0, 0.05) is 28.0 Å². The summed E-state index contributed by atoms with van der Waals surface area (Å²) in [6, 6.07) is 15.5. The monoisotopic (exact) mass is 415 g/mol. The Hall–Kier alpha value is -1.97. The molecule has 0 saturated carbocycles. The highest BCUT2D eigenvalue weighted by Gasteiger charge is 2.23. The van der Waals surface area contributed by atoms with E-state index < -0.39 is 0 Å². The van der Waals surface area contributed by atoms with Crippen molar-refractivity contribution < 1.29 is 9.59 Å². The van der Waals surface area contributed by atoms with E-state index >= 15 is 0 Å². The molecule has 0 spiro atoms. The van der Waals surface area contributed by atoms with Crippen molar-refractivity contribution >= 4 is 24.0 Å². The number of hydrogen-bond donors (Lipinski definition) is 1. The van der Waals surface area contributed by atoms with Crippen LogP contribution >= 0.6 is 12.4 Å². The number of nitrogens with two attached hydrogens (primary N) is 1. The second-order valence-corrected chi connectivity index (χ2v) is 9.72. The van der Waals surface area contributed by atoms with Crippen LogP contribution in [-0.2, 0) is 12.8 Å². The van der Waals surface area contributed by atoms with Crippen molar-refractivity contribution in [2.75, 3.05) is 0 Å². The first kappa shape index (κ1) is 25.1. The summed E-state index contributed by atoms with van der Waals surface area (Å²) in [7, 11) is 0. The highest BCUT2D eigenvalue weighted by Crippen LogP contribution is 2.22. The minimum absolute atomic E-state index is 0. The van der Waals surface area contributed by atoms with E-state index in [9.17, 15) is 9.59 Å². The van der Waals surface area contributed by atoms with Gasteiger partial charge in [0.25, 0.3) is 0 Å². The molecule has 0 radical (unpaired) electrons. The molecule has 2 aromatic rings. The van der Waals surface area contributed by atoms with E-state index in [-0.39, 0.29) is 40.8 Å². The number of ketones is 2. The van der Waals surface area contributed by atoms with E-state index in [4.69, 9.17) is 5.73 Å². The molecule has 3 nitrogen and oxygen atoms in total. The third kappa shape index (κ3) is 7.09. The number of benzene rings is 2. The normalized spacial score (nSPS) is 11.9. The molecule has 0 atom stereocenters. The topological polar surface area (TPSA) is 60.2 Å². The van der Waals surface area contributed by atoms with Crippen molar-refractivity contribution in [2.24, 2.45) is 16.6 Å². The van der Waals surface area contributed by atoms with Gasteiger partial charge in [-0.15, -0.1) is 12.4 Å². The smallest absolute Gasteiger partial charge is 0.168 e. The number of Topliss-reactive ketones (excluding diaryl/α,β-unsaturated/α-hetero) is 2. The van der Waals surface area contributed by atoms with Crippen molar-refractivity contribution in [1.29, 1.82) is 0 Å². The molecular weight excluding hydrogens is 382 g/mol. The van der Waals surface area contributed by atoms with E-state index in [0.717, 1.165) is 35.1 Å². The average molecular weight is 416 g/mol. The van der Waals surface area contributed by atoms with Gasteiger partial charge in [0.1, 0.15) is 0 Å². The molecule has 29 heavy (non-hydrogen) atoms. The summed E-state index contributed by atoms with van der Waals surface area (Å²) < 4.78 is 0. The van der Waals surface area contributed by atoms with Gasteiger partial charge in [-0.05, 0) is 24.0 Å². The predicted molar refractivity (Wildman–Crippen MR) is 123 cm³/mol. The van der Waals surface area contributed by atoms with Gasteiger partial charge in [0.15, 0.2) is 11.6 Å². The number of hydrogen-bond acceptors (Lipinski definition) is 3. The van der Waals surface area contributed by atoms with E-state index in [2.05, 4.69) is 0 Å². The van der Waals surface area contributed by atoms with Gasteiger partial charge in [-0.25, -0.2) is 0 Å². The summed E-state index contributed by atoms with van der Waals surface area (Å²) in [5, 5.41) is 0. The molecule has 0 fully saturated rings. The van der Waals surface area contributed by atoms with Crippen LogP contribution in [0, 0.1) is 10.8 Å². The lowest BCUT2D eigenvalue weighted by atomic mass is 9.86. The standard InChI is InChI=1S/C25H33NO2.ClH/c1-24(2,3)22(27)19-11-7-17(8-12-19)15-21(26)16-18-9-13-20(14-10-18)23(28)25(4,5)6;/h7-14,21H,15-16,26H2,1-6H3;1H. The largest absolute Gasteiger partial charge is 0.327 e. The molecule has 0 saturated heterocycles. The molecule has 0 aromatic heterocycles. The van der Waals surface area contributed by atoms with E-state index in [0.29, 0.717) is 0 Å². The summed E-state index contributed by atoms with van der Waals surface area (Å²) in [6.07, 6.45) is 1.49. The fourth-order valence-electron chi connectivity index (χ4n) is 3.13. The molecule has 4 heteroatoms. The van der Waals surface area contributed by atoms with Gasteiger partial charge >= 0.3 is 0 Å². The molecule has 158 valence electrons. The highest BCUT2D eigenvalue weighted by atomic mass is 35.5. The summed E-state index contributed by atoms with van der Waals surface area (Å²) in [5.41, 5.74) is 9.31. The van der Waals surface area contributed by atoms with Crippen molar-refractivity contribution in [1.82, 2.24) is 0 Å². The van der Waals surface area contributed by atoms with Crippen molar-refractivity contribution in [3.05, 3.63) is 70.8 Å². The molecule has 0 bridgehead atoms. The third-order valence-electron chi connectivity index (χ3n) is 4.79. The van der Waals surface area contributed by atoms with Crippen molar-refractivity contribution in [2.45, 2.75) is 60.4 Å². The van der Waals surface area contributed by atoms with Crippen LogP contribution in [0.15, 0.2) is 48.5 Å². The van der Waals surface area contributed by atoms with Gasteiger partial charge in [-0.2, -0.15) is 0 Å². The fraction of sp³-hybridized carbons (Fsp3) is 0.440. The van der Waals surface area contributed by atoms with Crippen molar-refractivity contribution in [3.8, 4) is 0 Å². The number of carbonyl (C=O) groups excluding carboxylic acids is 2. The van der Waals surface area contributed by atoms with Gasteiger partial charge < -0.3 is 5.73 Å².